The SMILES string of the molecule is Cc1cc(CNc2nc(C(=O)O)ccc2[N+](=O)[O-])no1. The van der Waals surface area contributed by atoms with Crippen LogP contribution in [0.4, 0.5) is 11.5 Å². The summed E-state index contributed by atoms with van der Waals surface area (Å²) in [7, 11) is 0. The Morgan fingerprint density at radius 1 is 1.55 bits per heavy atom. The first kappa shape index (κ1) is 13.5. The molecule has 0 aromatic carbocycles. The second-order valence-electron chi connectivity index (χ2n) is 3.91. The molecule has 0 fully saturated rings. The minimum atomic E-state index is -1.26. The molecule has 0 bridgehead atoms. The third-order valence-electron chi connectivity index (χ3n) is 2.40. The average Bonchev–Trinajstić information content (AvgIpc) is 2.81. The van der Waals surface area contributed by atoms with Crippen LogP contribution in [0.3, 0.4) is 0 Å². The second-order valence-corrected chi connectivity index (χ2v) is 3.91. The quantitative estimate of drug-likeness (QED) is 0.622. The minimum absolute atomic E-state index is 0.129. The zero-order chi connectivity index (χ0) is 14.7. The maximum atomic E-state index is 10.9. The maximum absolute atomic E-state index is 10.9. The average molecular weight is 278 g/mol. The van der Waals surface area contributed by atoms with Crippen LogP contribution in [0.5, 0.6) is 0 Å². The predicted molar refractivity (Wildman–Crippen MR) is 66.4 cm³/mol. The van der Waals surface area contributed by atoms with Crippen molar-refractivity contribution in [1.82, 2.24) is 10.1 Å². The summed E-state index contributed by atoms with van der Waals surface area (Å²) in [5.74, 6) is -0.792. The number of nitrogens with one attached hydrogen (secondary N) is 1. The van der Waals surface area contributed by atoms with Gasteiger partial charge in [0.1, 0.15) is 11.5 Å². The number of rotatable bonds is 5. The Morgan fingerprint density at radius 2 is 2.30 bits per heavy atom. The summed E-state index contributed by atoms with van der Waals surface area (Å²) in [5, 5.41) is 26.1. The number of hydrogen-bond acceptors (Lipinski definition) is 7. The summed E-state index contributed by atoms with van der Waals surface area (Å²) in [4.78, 5) is 24.7. The van der Waals surface area contributed by atoms with Gasteiger partial charge in [0.25, 0.3) is 0 Å². The van der Waals surface area contributed by atoms with Gasteiger partial charge in [-0.05, 0) is 13.0 Å². The first-order valence-corrected chi connectivity index (χ1v) is 5.52. The predicted octanol–water partition coefficient (Wildman–Crippen LogP) is 1.60. The van der Waals surface area contributed by atoms with Gasteiger partial charge >= 0.3 is 11.7 Å². The Bertz CT molecular complexity index is 667. The van der Waals surface area contributed by atoms with Crippen molar-refractivity contribution in [2.75, 3.05) is 5.32 Å². The van der Waals surface area contributed by atoms with E-state index in [4.69, 9.17) is 9.63 Å². The fraction of sp³-hybridized carbons (Fsp3) is 0.182. The number of hydrogen-bond donors (Lipinski definition) is 2. The molecule has 0 saturated carbocycles. The van der Waals surface area contributed by atoms with Gasteiger partial charge in [0.05, 0.1) is 11.5 Å². The number of carboxylic acid groups (broad SMARTS) is 1. The van der Waals surface area contributed by atoms with Gasteiger partial charge in [-0.25, -0.2) is 9.78 Å². The van der Waals surface area contributed by atoms with Crippen molar-refractivity contribution >= 4 is 17.5 Å². The number of pyridine rings is 1. The summed E-state index contributed by atoms with van der Waals surface area (Å²) in [6.45, 7) is 1.84. The van der Waals surface area contributed by atoms with Gasteiger partial charge in [0.15, 0.2) is 5.69 Å². The van der Waals surface area contributed by atoms with Gasteiger partial charge in [-0.15, -0.1) is 0 Å². The first-order chi connectivity index (χ1) is 9.47. The molecule has 20 heavy (non-hydrogen) atoms. The number of aryl methyl sites for hydroxylation is 1. The smallest absolute Gasteiger partial charge is 0.354 e. The minimum Gasteiger partial charge on any atom is -0.477 e. The van der Waals surface area contributed by atoms with E-state index in [-0.39, 0.29) is 23.7 Å². The van der Waals surface area contributed by atoms with Gasteiger partial charge < -0.3 is 14.9 Å². The van der Waals surface area contributed by atoms with Crippen LogP contribution < -0.4 is 5.32 Å². The lowest BCUT2D eigenvalue weighted by Gasteiger charge is -2.05. The Balaban J connectivity index is 2.25. The molecule has 104 valence electrons. The number of anilines is 1. The number of nitro groups is 1. The largest absolute Gasteiger partial charge is 0.477 e. The molecule has 0 spiro atoms. The molecule has 0 atom stereocenters. The number of nitrogens with zero attached hydrogens (tertiary/aromatic N) is 3. The summed E-state index contributed by atoms with van der Waals surface area (Å²) in [6.07, 6.45) is 0. The van der Waals surface area contributed by atoms with Crippen molar-refractivity contribution in [2.45, 2.75) is 13.5 Å². The molecular weight excluding hydrogens is 268 g/mol. The van der Waals surface area contributed by atoms with Crippen molar-refractivity contribution in [3.63, 3.8) is 0 Å². The molecule has 2 rings (SSSR count). The van der Waals surface area contributed by atoms with Gasteiger partial charge in [-0.1, -0.05) is 5.16 Å². The van der Waals surface area contributed by atoms with E-state index >= 15 is 0 Å². The van der Waals surface area contributed by atoms with Crippen LogP contribution >= 0.6 is 0 Å². The van der Waals surface area contributed by atoms with E-state index in [2.05, 4.69) is 15.5 Å². The van der Waals surface area contributed by atoms with E-state index < -0.39 is 10.9 Å². The second kappa shape index (κ2) is 5.34. The van der Waals surface area contributed by atoms with E-state index in [1.807, 2.05) is 0 Å². The Kier molecular flexibility index (Phi) is 3.60. The van der Waals surface area contributed by atoms with E-state index in [0.717, 1.165) is 12.1 Å². The molecule has 2 aromatic rings. The molecule has 2 aromatic heterocycles. The highest BCUT2D eigenvalue weighted by molar-refractivity contribution is 5.86. The van der Waals surface area contributed by atoms with Gasteiger partial charge in [-0.3, -0.25) is 10.1 Å². The lowest BCUT2D eigenvalue weighted by molar-refractivity contribution is -0.384. The molecule has 9 heteroatoms. The van der Waals surface area contributed by atoms with Gasteiger partial charge in [0, 0.05) is 12.1 Å². The molecular formula is C11H10N4O5. The van der Waals surface area contributed by atoms with Gasteiger partial charge in [-0.2, -0.15) is 0 Å². The van der Waals surface area contributed by atoms with Crippen LogP contribution in [-0.2, 0) is 6.54 Å². The topological polar surface area (TPSA) is 131 Å². The summed E-state index contributed by atoms with van der Waals surface area (Å²) in [6, 6.07) is 3.82. The van der Waals surface area contributed by atoms with Crippen LogP contribution in [0, 0.1) is 17.0 Å². The fourth-order valence-corrected chi connectivity index (χ4v) is 1.52. The van der Waals surface area contributed by atoms with Crippen molar-refractivity contribution < 1.29 is 19.3 Å². The molecule has 0 saturated heterocycles. The Hall–Kier alpha value is -2.97. The van der Waals surface area contributed by atoms with Crippen LogP contribution in [0.1, 0.15) is 21.9 Å². The zero-order valence-corrected chi connectivity index (χ0v) is 10.4. The van der Waals surface area contributed by atoms with Crippen molar-refractivity contribution in [2.24, 2.45) is 0 Å². The molecule has 2 N–H and O–H groups in total. The molecule has 0 radical (unpaired) electrons. The maximum Gasteiger partial charge on any atom is 0.354 e. The molecule has 0 unspecified atom stereocenters. The number of carboxylic acids is 1. The molecule has 2 heterocycles. The van der Waals surface area contributed by atoms with E-state index in [1.54, 1.807) is 13.0 Å². The third-order valence-corrected chi connectivity index (χ3v) is 2.40. The normalized spacial score (nSPS) is 10.2. The van der Waals surface area contributed by atoms with E-state index in [9.17, 15) is 14.9 Å². The monoisotopic (exact) mass is 278 g/mol. The highest BCUT2D eigenvalue weighted by Crippen LogP contribution is 2.22. The van der Waals surface area contributed by atoms with Gasteiger partial charge in [0.2, 0.25) is 5.82 Å². The van der Waals surface area contributed by atoms with Crippen LogP contribution in [0.15, 0.2) is 22.7 Å². The molecule has 0 aliphatic rings. The zero-order valence-electron chi connectivity index (χ0n) is 10.4. The lowest BCUT2D eigenvalue weighted by atomic mass is 10.3. The Morgan fingerprint density at radius 3 is 2.85 bits per heavy atom. The standard InChI is InChI=1S/C11H10N4O5/c1-6-4-7(14-20-6)5-12-10-9(15(18)19)3-2-8(13-10)11(16)17/h2-4H,5H2,1H3,(H,12,13)(H,16,17). The van der Waals surface area contributed by atoms with Crippen molar-refractivity contribution in [3.8, 4) is 0 Å². The highest BCUT2D eigenvalue weighted by atomic mass is 16.6. The number of aromatic carboxylic acids is 1. The summed E-state index contributed by atoms with van der Waals surface area (Å²) < 4.78 is 4.85. The van der Waals surface area contributed by atoms with Crippen LogP contribution in [0.25, 0.3) is 0 Å². The number of carbonyl (C=O) groups is 1. The van der Waals surface area contributed by atoms with Crippen molar-refractivity contribution in [1.29, 1.82) is 0 Å². The number of aromatic nitrogens is 2. The van der Waals surface area contributed by atoms with Crippen LogP contribution in [-0.4, -0.2) is 26.1 Å². The summed E-state index contributed by atoms with van der Waals surface area (Å²) in [5.41, 5.74) is -0.0658. The highest BCUT2D eigenvalue weighted by Gasteiger charge is 2.18. The molecule has 0 amide bonds. The van der Waals surface area contributed by atoms with Crippen molar-refractivity contribution in [3.05, 3.63) is 45.5 Å². The third kappa shape index (κ3) is 2.88. The molecule has 0 aliphatic carbocycles. The lowest BCUT2D eigenvalue weighted by Crippen LogP contribution is -2.08. The summed E-state index contributed by atoms with van der Waals surface area (Å²) >= 11 is 0. The van der Waals surface area contributed by atoms with E-state index in [1.165, 1.54) is 0 Å². The Labute approximate surface area is 112 Å². The fourth-order valence-electron chi connectivity index (χ4n) is 1.52. The van der Waals surface area contributed by atoms with E-state index in [0.29, 0.717) is 11.5 Å². The molecule has 9 nitrogen and oxygen atoms in total. The molecule has 0 aliphatic heterocycles. The van der Waals surface area contributed by atoms with Crippen LogP contribution in [0.2, 0.25) is 0 Å². The first-order valence-electron chi connectivity index (χ1n) is 5.52.